The Balaban J connectivity index is 2.47. The molecule has 1 aliphatic heterocycles. The van der Waals surface area contributed by atoms with Crippen molar-refractivity contribution in [2.75, 3.05) is 13.2 Å². The van der Waals surface area contributed by atoms with E-state index in [4.69, 9.17) is 9.47 Å². The molecule has 9 nitrogen and oxygen atoms in total. The molecule has 1 fully saturated rings. The standard InChI is InChI=1S/C41H79NO8/c1-4-6-8-10-12-14-16-18-20-22-24-26-28-30-35(44)34(33-49-40-38(46)39(47)41(3,48)36(32-43)50-40)42-37(45)31-29-27-25-23-21-19-17-15-13-11-9-7-5-2/h28,30,34-36,38-40,43-44,46-48H,4-27,29,31-33H2,1-3H3,(H,42,45)/b30-28+/t34-,35+,36+,38+,39+,40+,41+/m0/s1. The average molecular weight is 714 g/mol. The molecule has 0 bridgehead atoms. The Labute approximate surface area is 306 Å². The van der Waals surface area contributed by atoms with E-state index in [9.17, 15) is 30.3 Å². The van der Waals surface area contributed by atoms with Gasteiger partial charge in [-0.05, 0) is 26.2 Å². The molecule has 0 spiro atoms. The summed E-state index contributed by atoms with van der Waals surface area (Å²) in [7, 11) is 0. The number of hydrogen-bond donors (Lipinski definition) is 6. The maximum absolute atomic E-state index is 12.9. The lowest BCUT2D eigenvalue weighted by molar-refractivity contribution is -0.328. The van der Waals surface area contributed by atoms with Crippen LogP contribution in [0.5, 0.6) is 0 Å². The number of carbonyl (C=O) groups excluding carboxylic acids is 1. The molecular weight excluding hydrogens is 634 g/mol. The van der Waals surface area contributed by atoms with Crippen LogP contribution in [-0.2, 0) is 14.3 Å². The van der Waals surface area contributed by atoms with Gasteiger partial charge in [-0.1, -0.05) is 167 Å². The smallest absolute Gasteiger partial charge is 0.220 e. The molecule has 0 saturated carbocycles. The van der Waals surface area contributed by atoms with Crippen LogP contribution in [0.1, 0.15) is 188 Å². The Hall–Kier alpha value is -1.07. The van der Waals surface area contributed by atoms with Crippen molar-refractivity contribution in [3.8, 4) is 0 Å². The predicted octanol–water partition coefficient (Wildman–Crippen LogP) is 7.78. The first-order chi connectivity index (χ1) is 24.2. The van der Waals surface area contributed by atoms with Gasteiger partial charge in [-0.2, -0.15) is 0 Å². The lowest BCUT2D eigenvalue weighted by Crippen LogP contribution is -2.66. The van der Waals surface area contributed by atoms with Gasteiger partial charge in [0, 0.05) is 6.42 Å². The second kappa shape index (κ2) is 30.4. The van der Waals surface area contributed by atoms with Crippen molar-refractivity contribution in [1.29, 1.82) is 0 Å². The third kappa shape index (κ3) is 21.5. The van der Waals surface area contributed by atoms with Gasteiger partial charge in [-0.25, -0.2) is 0 Å². The Morgan fingerprint density at radius 1 is 0.760 bits per heavy atom. The maximum atomic E-state index is 12.9. The summed E-state index contributed by atoms with van der Waals surface area (Å²) in [4.78, 5) is 12.9. The Morgan fingerprint density at radius 2 is 1.20 bits per heavy atom. The van der Waals surface area contributed by atoms with Crippen LogP contribution >= 0.6 is 0 Å². The maximum Gasteiger partial charge on any atom is 0.220 e. The summed E-state index contributed by atoms with van der Waals surface area (Å²) in [6, 6.07) is -0.805. The van der Waals surface area contributed by atoms with Crippen molar-refractivity contribution in [3.05, 3.63) is 12.2 Å². The minimum absolute atomic E-state index is 0.180. The zero-order valence-corrected chi connectivity index (χ0v) is 32.4. The average Bonchev–Trinajstić information content (AvgIpc) is 3.10. The first-order valence-corrected chi connectivity index (χ1v) is 20.8. The zero-order chi connectivity index (χ0) is 36.9. The van der Waals surface area contributed by atoms with Gasteiger partial charge in [-0.3, -0.25) is 4.79 Å². The quantitative estimate of drug-likeness (QED) is 0.0299. The first kappa shape index (κ1) is 47.0. The monoisotopic (exact) mass is 714 g/mol. The number of rotatable bonds is 33. The fourth-order valence-electron chi connectivity index (χ4n) is 6.73. The second-order valence-electron chi connectivity index (χ2n) is 15.1. The predicted molar refractivity (Wildman–Crippen MR) is 203 cm³/mol. The molecular formula is C41H79NO8. The van der Waals surface area contributed by atoms with E-state index in [1.807, 2.05) is 6.08 Å². The molecule has 0 aromatic heterocycles. The number of carbonyl (C=O) groups is 1. The highest BCUT2D eigenvalue weighted by Crippen LogP contribution is 2.30. The van der Waals surface area contributed by atoms with Gasteiger partial charge in [0.25, 0.3) is 0 Å². The van der Waals surface area contributed by atoms with Gasteiger partial charge < -0.3 is 40.3 Å². The van der Waals surface area contributed by atoms with Crippen LogP contribution in [0.25, 0.3) is 0 Å². The Kier molecular flexibility index (Phi) is 28.5. The van der Waals surface area contributed by atoms with Crippen molar-refractivity contribution < 1.29 is 39.8 Å². The Bertz CT molecular complexity index is 820. The van der Waals surface area contributed by atoms with E-state index in [1.165, 1.54) is 129 Å². The molecule has 296 valence electrons. The van der Waals surface area contributed by atoms with Crippen molar-refractivity contribution >= 4 is 5.91 Å². The third-order valence-electron chi connectivity index (χ3n) is 10.3. The van der Waals surface area contributed by atoms with Gasteiger partial charge >= 0.3 is 0 Å². The molecule has 0 aromatic rings. The second-order valence-corrected chi connectivity index (χ2v) is 15.1. The van der Waals surface area contributed by atoms with Gasteiger partial charge in [0.05, 0.1) is 25.4 Å². The molecule has 6 N–H and O–H groups in total. The summed E-state index contributed by atoms with van der Waals surface area (Å²) in [5.74, 6) is -0.180. The molecule has 1 aliphatic rings. The van der Waals surface area contributed by atoms with Crippen LogP contribution in [0.2, 0.25) is 0 Å². The van der Waals surface area contributed by atoms with Crippen molar-refractivity contribution in [2.45, 2.75) is 230 Å². The molecule has 1 saturated heterocycles. The van der Waals surface area contributed by atoms with Crippen LogP contribution in [0.4, 0.5) is 0 Å². The van der Waals surface area contributed by atoms with E-state index in [1.54, 1.807) is 6.08 Å². The molecule has 0 aliphatic carbocycles. The highest BCUT2D eigenvalue weighted by Gasteiger charge is 2.52. The van der Waals surface area contributed by atoms with Crippen LogP contribution in [0, 0.1) is 0 Å². The van der Waals surface area contributed by atoms with Gasteiger partial charge in [0.15, 0.2) is 6.29 Å². The van der Waals surface area contributed by atoms with E-state index in [-0.39, 0.29) is 12.5 Å². The first-order valence-electron chi connectivity index (χ1n) is 20.8. The fraction of sp³-hybridized carbons (Fsp3) is 0.927. The van der Waals surface area contributed by atoms with E-state index in [0.717, 1.165) is 38.5 Å². The summed E-state index contributed by atoms with van der Waals surface area (Å²) in [6.07, 6.45) is 28.0. The largest absolute Gasteiger partial charge is 0.394 e. The summed E-state index contributed by atoms with van der Waals surface area (Å²) < 4.78 is 11.3. The van der Waals surface area contributed by atoms with Crippen LogP contribution in [0.3, 0.4) is 0 Å². The van der Waals surface area contributed by atoms with Gasteiger partial charge in [0.2, 0.25) is 5.91 Å². The number of unbranched alkanes of at least 4 members (excludes halogenated alkanes) is 23. The number of nitrogens with one attached hydrogen (secondary N) is 1. The third-order valence-corrected chi connectivity index (χ3v) is 10.3. The molecule has 9 heteroatoms. The van der Waals surface area contributed by atoms with Crippen LogP contribution < -0.4 is 5.32 Å². The molecule has 0 unspecified atom stereocenters. The molecule has 1 rings (SSSR count). The Morgan fingerprint density at radius 3 is 1.66 bits per heavy atom. The van der Waals surface area contributed by atoms with Gasteiger partial charge in [-0.15, -0.1) is 0 Å². The van der Waals surface area contributed by atoms with Crippen molar-refractivity contribution in [3.63, 3.8) is 0 Å². The highest BCUT2D eigenvalue weighted by molar-refractivity contribution is 5.76. The highest BCUT2D eigenvalue weighted by atomic mass is 16.7. The fourth-order valence-corrected chi connectivity index (χ4v) is 6.73. The lowest BCUT2D eigenvalue weighted by atomic mass is 9.86. The molecule has 0 radical (unpaired) electrons. The summed E-state index contributed by atoms with van der Waals surface area (Å²) in [5, 5.41) is 55.0. The van der Waals surface area contributed by atoms with E-state index in [2.05, 4.69) is 19.2 Å². The van der Waals surface area contributed by atoms with Crippen molar-refractivity contribution in [1.82, 2.24) is 5.32 Å². The van der Waals surface area contributed by atoms with E-state index >= 15 is 0 Å². The number of ether oxygens (including phenoxy) is 2. The molecule has 0 aromatic carbocycles. The number of aliphatic hydroxyl groups is 5. The number of hydrogen-bond acceptors (Lipinski definition) is 8. The van der Waals surface area contributed by atoms with E-state index in [0.29, 0.717) is 6.42 Å². The normalized spacial score (nSPS) is 23.8. The summed E-state index contributed by atoms with van der Waals surface area (Å²) in [5.41, 5.74) is -1.87. The minimum Gasteiger partial charge on any atom is -0.394 e. The molecule has 50 heavy (non-hydrogen) atoms. The zero-order valence-electron chi connectivity index (χ0n) is 32.4. The van der Waals surface area contributed by atoms with Crippen LogP contribution in [-0.4, -0.2) is 87.0 Å². The lowest BCUT2D eigenvalue weighted by Gasteiger charge is -2.46. The van der Waals surface area contributed by atoms with Gasteiger partial charge in [0.1, 0.15) is 23.9 Å². The summed E-state index contributed by atoms with van der Waals surface area (Å²) in [6.45, 7) is 5.00. The van der Waals surface area contributed by atoms with E-state index < -0.39 is 49.0 Å². The molecule has 1 amide bonds. The molecule has 7 atom stereocenters. The SMILES string of the molecule is CCCCCCCCCCCCC/C=C/[C@@H](O)[C@H](CO[C@@H]1O[C@H](CO)[C@@](C)(O)[C@H](O)[C@H]1O)NC(=O)CCCCCCCCCCCCCCC. The number of amides is 1. The topological polar surface area (TPSA) is 149 Å². The summed E-state index contributed by atoms with van der Waals surface area (Å²) >= 11 is 0. The molecule has 1 heterocycles. The van der Waals surface area contributed by atoms with Crippen LogP contribution in [0.15, 0.2) is 12.2 Å². The number of allylic oxidation sites excluding steroid dienone is 1. The number of aliphatic hydroxyl groups excluding tert-OH is 4. The van der Waals surface area contributed by atoms with Crippen molar-refractivity contribution in [2.24, 2.45) is 0 Å². The minimum atomic E-state index is -1.87.